The van der Waals surface area contributed by atoms with Crippen LogP contribution in [0, 0.1) is 0 Å². The van der Waals surface area contributed by atoms with E-state index in [4.69, 9.17) is 19.4 Å². The molecule has 4 rings (SSSR count). The highest BCUT2D eigenvalue weighted by Gasteiger charge is 2.35. The molecule has 0 unspecified atom stereocenters. The first-order chi connectivity index (χ1) is 16.0. The molecule has 0 amide bonds. The van der Waals surface area contributed by atoms with E-state index in [-0.39, 0.29) is 18.1 Å². The van der Waals surface area contributed by atoms with E-state index in [1.54, 1.807) is 6.20 Å². The Morgan fingerprint density at radius 2 is 1.85 bits per heavy atom. The smallest absolute Gasteiger partial charge is 0.302 e. The molecule has 0 spiro atoms. The Morgan fingerprint density at radius 3 is 2.58 bits per heavy atom. The molecule has 1 aromatic carbocycles. The van der Waals surface area contributed by atoms with Gasteiger partial charge in [-0.3, -0.25) is 4.79 Å². The molecule has 1 aliphatic rings. The second-order valence-electron chi connectivity index (χ2n) is 8.11. The zero-order valence-electron chi connectivity index (χ0n) is 19.6. The summed E-state index contributed by atoms with van der Waals surface area (Å²) in [5.41, 5.74) is 4.97. The molecule has 1 aliphatic carbocycles. The fraction of sp³-hybridized carbons (Fsp3) is 0.385. The number of nitrogens with one attached hydrogen (secondary N) is 1. The molecule has 33 heavy (non-hydrogen) atoms. The summed E-state index contributed by atoms with van der Waals surface area (Å²) < 4.78 is 11.7. The SMILES string of the molecule is CCc1ccnc(Oc2nc(CC)c(N[C@@H]3c4ccccc4C[C@@H]3OC(C)=O)nc2CC)c1. The van der Waals surface area contributed by atoms with E-state index in [9.17, 15) is 4.79 Å². The van der Waals surface area contributed by atoms with Gasteiger partial charge < -0.3 is 14.8 Å². The predicted molar refractivity (Wildman–Crippen MR) is 127 cm³/mol. The van der Waals surface area contributed by atoms with Gasteiger partial charge in [0.2, 0.25) is 11.8 Å². The van der Waals surface area contributed by atoms with Crippen molar-refractivity contribution in [3.05, 3.63) is 70.7 Å². The van der Waals surface area contributed by atoms with Crippen molar-refractivity contribution in [1.82, 2.24) is 15.0 Å². The van der Waals surface area contributed by atoms with E-state index >= 15 is 0 Å². The van der Waals surface area contributed by atoms with Crippen molar-refractivity contribution >= 4 is 11.8 Å². The molecule has 2 aromatic heterocycles. The maximum Gasteiger partial charge on any atom is 0.302 e. The molecule has 7 heteroatoms. The lowest BCUT2D eigenvalue weighted by Gasteiger charge is -2.24. The van der Waals surface area contributed by atoms with Gasteiger partial charge >= 0.3 is 5.97 Å². The number of pyridine rings is 1. The monoisotopic (exact) mass is 446 g/mol. The van der Waals surface area contributed by atoms with Crippen LogP contribution in [-0.2, 0) is 35.2 Å². The quantitative estimate of drug-likeness (QED) is 0.488. The van der Waals surface area contributed by atoms with Gasteiger partial charge in [-0.1, -0.05) is 45.0 Å². The van der Waals surface area contributed by atoms with Crippen LogP contribution in [0.2, 0.25) is 0 Å². The van der Waals surface area contributed by atoms with Crippen LogP contribution >= 0.6 is 0 Å². The molecule has 0 bridgehead atoms. The number of carbonyl (C=O) groups excluding carboxylic acids is 1. The molecule has 3 aromatic rings. The Morgan fingerprint density at radius 1 is 1.06 bits per heavy atom. The van der Waals surface area contributed by atoms with Crippen LogP contribution in [0.5, 0.6) is 11.8 Å². The standard InChI is InChI=1S/C26H30N4O3/c1-5-17-12-13-27-23(14-17)33-26-21(7-3)28-25(20(6-2)29-26)30-24-19-11-9-8-10-18(19)15-22(24)32-16(4)31/h8-14,22,24H,5-7,15H2,1-4H3,(H,28,30)/t22-,24+/m0/s1. The van der Waals surface area contributed by atoms with E-state index < -0.39 is 0 Å². The number of hydrogen-bond donors (Lipinski definition) is 1. The van der Waals surface area contributed by atoms with Gasteiger partial charge in [0.25, 0.3) is 0 Å². The maximum atomic E-state index is 11.7. The highest BCUT2D eigenvalue weighted by molar-refractivity contribution is 5.66. The normalized spacial score (nSPS) is 16.8. The first kappa shape index (κ1) is 22.7. The summed E-state index contributed by atoms with van der Waals surface area (Å²) in [5.74, 6) is 1.39. The zero-order chi connectivity index (χ0) is 23.4. The van der Waals surface area contributed by atoms with Gasteiger partial charge in [0.15, 0.2) is 0 Å². The lowest BCUT2D eigenvalue weighted by Crippen LogP contribution is -2.27. The number of carbonyl (C=O) groups is 1. The molecule has 0 saturated heterocycles. The first-order valence-corrected chi connectivity index (χ1v) is 11.6. The van der Waals surface area contributed by atoms with Gasteiger partial charge in [0.1, 0.15) is 17.6 Å². The fourth-order valence-electron chi connectivity index (χ4n) is 4.19. The van der Waals surface area contributed by atoms with Crippen LogP contribution in [0.25, 0.3) is 0 Å². The Hall–Kier alpha value is -3.48. The maximum absolute atomic E-state index is 11.7. The third-order valence-electron chi connectivity index (χ3n) is 5.87. The van der Waals surface area contributed by atoms with E-state index in [1.165, 1.54) is 12.5 Å². The highest BCUT2D eigenvalue weighted by Crippen LogP contribution is 2.37. The second-order valence-corrected chi connectivity index (χ2v) is 8.11. The van der Waals surface area contributed by atoms with E-state index in [0.29, 0.717) is 36.8 Å². The number of benzene rings is 1. The van der Waals surface area contributed by atoms with Gasteiger partial charge in [0.05, 0.1) is 11.7 Å². The molecular weight excluding hydrogens is 416 g/mol. The van der Waals surface area contributed by atoms with Crippen molar-refractivity contribution < 1.29 is 14.3 Å². The summed E-state index contributed by atoms with van der Waals surface area (Å²) in [7, 11) is 0. The highest BCUT2D eigenvalue weighted by atomic mass is 16.5. The van der Waals surface area contributed by atoms with Crippen molar-refractivity contribution in [3.8, 4) is 11.8 Å². The van der Waals surface area contributed by atoms with E-state index in [0.717, 1.165) is 28.9 Å². The molecule has 2 heterocycles. The van der Waals surface area contributed by atoms with E-state index in [1.807, 2.05) is 38.1 Å². The van der Waals surface area contributed by atoms with Crippen LogP contribution in [0.1, 0.15) is 61.8 Å². The summed E-state index contributed by atoms with van der Waals surface area (Å²) in [4.78, 5) is 25.7. The molecule has 1 N–H and O–H groups in total. The van der Waals surface area contributed by atoms with Crippen LogP contribution in [-0.4, -0.2) is 27.0 Å². The lowest BCUT2D eigenvalue weighted by molar-refractivity contribution is -0.146. The van der Waals surface area contributed by atoms with Crippen molar-refractivity contribution in [2.45, 2.75) is 65.5 Å². The van der Waals surface area contributed by atoms with E-state index in [2.05, 4.69) is 29.4 Å². The van der Waals surface area contributed by atoms with Crippen molar-refractivity contribution in [1.29, 1.82) is 0 Å². The summed E-state index contributed by atoms with van der Waals surface area (Å²) in [6, 6.07) is 11.9. The van der Waals surface area contributed by atoms with Crippen molar-refractivity contribution in [3.63, 3.8) is 0 Å². The number of hydrogen-bond acceptors (Lipinski definition) is 7. The molecule has 7 nitrogen and oxygen atoms in total. The topological polar surface area (TPSA) is 86.2 Å². The lowest BCUT2D eigenvalue weighted by atomic mass is 10.1. The molecule has 0 radical (unpaired) electrons. The minimum atomic E-state index is -0.298. The Labute approximate surface area is 194 Å². The van der Waals surface area contributed by atoms with Gasteiger partial charge in [-0.05, 0) is 42.0 Å². The third kappa shape index (κ3) is 4.97. The third-order valence-corrected chi connectivity index (χ3v) is 5.87. The molecule has 0 fully saturated rings. The number of rotatable bonds is 8. The Kier molecular flexibility index (Phi) is 6.87. The fourth-order valence-corrected chi connectivity index (χ4v) is 4.19. The van der Waals surface area contributed by atoms with Crippen LogP contribution in [0.15, 0.2) is 42.6 Å². The average molecular weight is 447 g/mol. The van der Waals surface area contributed by atoms with Crippen LogP contribution in [0.3, 0.4) is 0 Å². The van der Waals surface area contributed by atoms with Gasteiger partial charge in [0, 0.05) is 25.6 Å². The number of esters is 1. The molecule has 2 atom stereocenters. The molecule has 172 valence electrons. The molecule has 0 aliphatic heterocycles. The zero-order valence-corrected chi connectivity index (χ0v) is 19.6. The van der Waals surface area contributed by atoms with Gasteiger partial charge in [-0.25, -0.2) is 15.0 Å². The number of aromatic nitrogens is 3. The van der Waals surface area contributed by atoms with Crippen molar-refractivity contribution in [2.24, 2.45) is 0 Å². The summed E-state index contributed by atoms with van der Waals surface area (Å²) in [6.45, 7) is 7.60. The number of ether oxygens (including phenoxy) is 2. The number of fused-ring (bicyclic) bond motifs is 1. The molecular formula is C26H30N4O3. The second kappa shape index (κ2) is 9.98. The number of nitrogens with zero attached hydrogens (tertiary/aromatic N) is 3. The minimum absolute atomic E-state index is 0.191. The minimum Gasteiger partial charge on any atom is -0.460 e. The Bertz CT molecular complexity index is 1150. The van der Waals surface area contributed by atoms with Crippen LogP contribution in [0.4, 0.5) is 5.82 Å². The summed E-state index contributed by atoms with van der Waals surface area (Å²) in [5, 5.41) is 3.53. The van der Waals surface area contributed by atoms with Gasteiger partial charge in [-0.15, -0.1) is 0 Å². The number of anilines is 1. The summed E-state index contributed by atoms with van der Waals surface area (Å²) >= 11 is 0. The van der Waals surface area contributed by atoms with Crippen molar-refractivity contribution in [2.75, 3.05) is 5.32 Å². The summed E-state index contributed by atoms with van der Waals surface area (Å²) in [6.07, 6.45) is 4.35. The average Bonchev–Trinajstić information content (AvgIpc) is 3.15. The van der Waals surface area contributed by atoms with Gasteiger partial charge in [-0.2, -0.15) is 0 Å². The Balaban J connectivity index is 1.66. The number of aryl methyl sites for hydroxylation is 3. The molecule has 0 saturated carbocycles. The largest absolute Gasteiger partial charge is 0.460 e. The van der Waals surface area contributed by atoms with Crippen LogP contribution < -0.4 is 10.1 Å². The predicted octanol–water partition coefficient (Wildman–Crippen LogP) is 4.99. The first-order valence-electron chi connectivity index (χ1n) is 11.6.